The second-order valence-electron chi connectivity index (χ2n) is 9.53. The Kier molecular flexibility index (Phi) is 11.7. The first-order valence-electron chi connectivity index (χ1n) is 13.2. The van der Waals surface area contributed by atoms with E-state index >= 15 is 0 Å². The van der Waals surface area contributed by atoms with E-state index in [-0.39, 0.29) is 43.4 Å². The SMILES string of the molecule is CCCNC(=O)[C@H](Cc1ccccc1)N(Cc1ccc(Br)cc1)C(=O)CCCN(c1ccccc1F)S(C)(=O)=O. The molecule has 10 heteroatoms. The molecular formula is C30H35BrFN3O4S. The molecule has 214 valence electrons. The highest BCUT2D eigenvalue weighted by molar-refractivity contribution is 9.10. The Balaban J connectivity index is 1.87. The van der Waals surface area contributed by atoms with Crippen molar-refractivity contribution >= 4 is 43.5 Å². The summed E-state index contributed by atoms with van der Waals surface area (Å²) in [7, 11) is -3.79. The van der Waals surface area contributed by atoms with Gasteiger partial charge in [0, 0.05) is 36.9 Å². The monoisotopic (exact) mass is 631 g/mol. The number of nitrogens with one attached hydrogen (secondary N) is 1. The minimum Gasteiger partial charge on any atom is -0.354 e. The molecule has 3 aromatic rings. The quantitative estimate of drug-likeness (QED) is 0.262. The minimum atomic E-state index is -3.79. The van der Waals surface area contributed by atoms with Crippen LogP contribution in [0, 0.1) is 5.82 Å². The summed E-state index contributed by atoms with van der Waals surface area (Å²) in [6, 6.07) is 21.9. The number of sulfonamides is 1. The number of hydrogen-bond acceptors (Lipinski definition) is 4. The maximum Gasteiger partial charge on any atom is 0.243 e. The first kappa shape index (κ1) is 31.3. The van der Waals surface area contributed by atoms with Gasteiger partial charge in [-0.25, -0.2) is 12.8 Å². The van der Waals surface area contributed by atoms with Gasteiger partial charge in [-0.15, -0.1) is 0 Å². The lowest BCUT2D eigenvalue weighted by Crippen LogP contribution is -2.50. The molecule has 0 heterocycles. The molecule has 0 aromatic heterocycles. The van der Waals surface area contributed by atoms with Crippen LogP contribution in [-0.2, 0) is 32.6 Å². The van der Waals surface area contributed by atoms with Gasteiger partial charge in [0.2, 0.25) is 21.8 Å². The fourth-order valence-electron chi connectivity index (χ4n) is 4.34. The largest absolute Gasteiger partial charge is 0.354 e. The van der Waals surface area contributed by atoms with Crippen LogP contribution in [0.5, 0.6) is 0 Å². The Morgan fingerprint density at radius 2 is 1.60 bits per heavy atom. The predicted octanol–water partition coefficient (Wildman–Crippen LogP) is 5.30. The molecule has 0 spiro atoms. The highest BCUT2D eigenvalue weighted by Crippen LogP contribution is 2.23. The zero-order chi connectivity index (χ0) is 29.1. The first-order chi connectivity index (χ1) is 19.1. The molecule has 0 saturated heterocycles. The molecule has 1 N–H and O–H groups in total. The van der Waals surface area contributed by atoms with Crippen molar-refractivity contribution in [3.8, 4) is 0 Å². The van der Waals surface area contributed by atoms with E-state index in [1.807, 2.05) is 61.5 Å². The number of amides is 2. The average molecular weight is 633 g/mol. The number of hydrogen-bond donors (Lipinski definition) is 1. The van der Waals surface area contributed by atoms with Crippen molar-refractivity contribution in [1.29, 1.82) is 0 Å². The average Bonchev–Trinajstić information content (AvgIpc) is 2.93. The van der Waals surface area contributed by atoms with Gasteiger partial charge in [0.05, 0.1) is 11.9 Å². The molecule has 0 aliphatic rings. The number of benzene rings is 3. The second-order valence-corrected chi connectivity index (χ2v) is 12.4. The Morgan fingerprint density at radius 3 is 2.23 bits per heavy atom. The number of carbonyl (C=O) groups excluding carboxylic acids is 2. The van der Waals surface area contributed by atoms with Crippen molar-refractivity contribution in [1.82, 2.24) is 10.2 Å². The second kappa shape index (κ2) is 14.9. The van der Waals surface area contributed by atoms with Crippen LogP contribution in [0.25, 0.3) is 0 Å². The van der Waals surface area contributed by atoms with E-state index in [1.54, 1.807) is 11.0 Å². The number of anilines is 1. The molecule has 0 bridgehead atoms. The molecule has 3 aromatic carbocycles. The molecule has 7 nitrogen and oxygen atoms in total. The standard InChI is InChI=1S/C30H35BrFN3O4S/c1-3-19-33-30(37)28(21-23-10-5-4-6-11-23)34(22-24-15-17-25(31)18-16-24)29(36)14-9-20-35(40(2,38)39)27-13-8-7-12-26(27)32/h4-8,10-13,15-18,28H,3,9,14,19-22H2,1-2H3,(H,33,37)/t28-/m0/s1. The van der Waals surface area contributed by atoms with Gasteiger partial charge in [-0.1, -0.05) is 77.5 Å². The maximum atomic E-state index is 14.4. The molecule has 0 unspecified atom stereocenters. The summed E-state index contributed by atoms with van der Waals surface area (Å²) >= 11 is 3.43. The van der Waals surface area contributed by atoms with Crippen molar-refractivity contribution < 1.29 is 22.4 Å². The summed E-state index contributed by atoms with van der Waals surface area (Å²) in [6.07, 6.45) is 2.20. The Bertz CT molecular complexity index is 1370. The third-order valence-electron chi connectivity index (χ3n) is 6.36. The third kappa shape index (κ3) is 9.16. The van der Waals surface area contributed by atoms with Gasteiger partial charge in [-0.05, 0) is 48.2 Å². The van der Waals surface area contributed by atoms with Gasteiger partial charge in [0.15, 0.2) is 0 Å². The molecule has 1 atom stereocenters. The summed E-state index contributed by atoms with van der Waals surface area (Å²) in [4.78, 5) is 28.7. The van der Waals surface area contributed by atoms with Gasteiger partial charge in [0.25, 0.3) is 0 Å². The van der Waals surface area contributed by atoms with Crippen LogP contribution in [-0.4, -0.2) is 50.5 Å². The number of halogens is 2. The topological polar surface area (TPSA) is 86.8 Å². The molecule has 0 radical (unpaired) electrons. The zero-order valence-electron chi connectivity index (χ0n) is 22.7. The lowest BCUT2D eigenvalue weighted by Gasteiger charge is -2.32. The molecule has 0 saturated carbocycles. The van der Waals surface area contributed by atoms with Crippen LogP contribution in [0.3, 0.4) is 0 Å². The Morgan fingerprint density at radius 1 is 0.950 bits per heavy atom. The summed E-state index contributed by atoms with van der Waals surface area (Å²) in [5, 5.41) is 2.94. The normalized spacial score (nSPS) is 12.0. The number of rotatable bonds is 14. The van der Waals surface area contributed by atoms with Crippen LogP contribution in [0.15, 0.2) is 83.3 Å². The number of para-hydroxylation sites is 1. The molecule has 0 aliphatic heterocycles. The molecule has 0 aliphatic carbocycles. The van der Waals surface area contributed by atoms with E-state index in [0.717, 1.165) is 32.6 Å². The summed E-state index contributed by atoms with van der Waals surface area (Å²) in [6.45, 7) is 2.56. The summed E-state index contributed by atoms with van der Waals surface area (Å²) in [5.41, 5.74) is 1.70. The Hall–Kier alpha value is -3.24. The number of carbonyl (C=O) groups is 2. The summed E-state index contributed by atoms with van der Waals surface area (Å²) in [5.74, 6) is -1.20. The van der Waals surface area contributed by atoms with Crippen molar-refractivity contribution in [2.75, 3.05) is 23.7 Å². The van der Waals surface area contributed by atoms with Crippen molar-refractivity contribution in [3.63, 3.8) is 0 Å². The van der Waals surface area contributed by atoms with Crippen LogP contribution in [0.4, 0.5) is 10.1 Å². The first-order valence-corrected chi connectivity index (χ1v) is 15.8. The molecule has 3 rings (SSSR count). The Labute approximate surface area is 244 Å². The highest BCUT2D eigenvalue weighted by Gasteiger charge is 2.30. The number of nitrogens with zero attached hydrogens (tertiary/aromatic N) is 2. The maximum absolute atomic E-state index is 14.4. The molecular weight excluding hydrogens is 597 g/mol. The lowest BCUT2D eigenvalue weighted by atomic mass is 10.0. The fraction of sp³-hybridized carbons (Fsp3) is 0.333. The van der Waals surface area contributed by atoms with E-state index in [0.29, 0.717) is 13.0 Å². The van der Waals surface area contributed by atoms with Gasteiger partial charge in [-0.2, -0.15) is 0 Å². The van der Waals surface area contributed by atoms with Gasteiger partial charge < -0.3 is 10.2 Å². The summed E-state index contributed by atoms with van der Waals surface area (Å²) < 4.78 is 41.2. The zero-order valence-corrected chi connectivity index (χ0v) is 25.1. The van der Waals surface area contributed by atoms with E-state index < -0.39 is 21.9 Å². The molecule has 40 heavy (non-hydrogen) atoms. The van der Waals surface area contributed by atoms with E-state index in [9.17, 15) is 22.4 Å². The lowest BCUT2D eigenvalue weighted by molar-refractivity contribution is -0.141. The van der Waals surface area contributed by atoms with Crippen molar-refractivity contribution in [3.05, 3.63) is 100 Å². The highest BCUT2D eigenvalue weighted by atomic mass is 79.9. The van der Waals surface area contributed by atoms with Crippen LogP contribution in [0.2, 0.25) is 0 Å². The van der Waals surface area contributed by atoms with Gasteiger partial charge >= 0.3 is 0 Å². The van der Waals surface area contributed by atoms with Gasteiger partial charge in [0.1, 0.15) is 11.9 Å². The smallest absolute Gasteiger partial charge is 0.243 e. The van der Waals surface area contributed by atoms with E-state index in [2.05, 4.69) is 21.2 Å². The molecule has 0 fully saturated rings. The van der Waals surface area contributed by atoms with Crippen molar-refractivity contribution in [2.24, 2.45) is 0 Å². The van der Waals surface area contributed by atoms with E-state index in [4.69, 9.17) is 0 Å². The van der Waals surface area contributed by atoms with Crippen molar-refractivity contribution in [2.45, 2.75) is 45.2 Å². The molecule has 2 amide bonds. The van der Waals surface area contributed by atoms with Crippen LogP contribution in [0.1, 0.15) is 37.3 Å². The third-order valence-corrected chi connectivity index (χ3v) is 8.07. The van der Waals surface area contributed by atoms with E-state index in [1.165, 1.54) is 18.2 Å². The van der Waals surface area contributed by atoms with Gasteiger partial charge in [-0.3, -0.25) is 13.9 Å². The van der Waals surface area contributed by atoms with Crippen LogP contribution >= 0.6 is 15.9 Å². The predicted molar refractivity (Wildman–Crippen MR) is 160 cm³/mol. The fourth-order valence-corrected chi connectivity index (χ4v) is 5.57. The minimum absolute atomic E-state index is 0.0245. The van der Waals surface area contributed by atoms with Crippen LogP contribution < -0.4 is 9.62 Å².